The molecule has 6 heteroatoms. The summed E-state index contributed by atoms with van der Waals surface area (Å²) < 4.78 is 10.9. The molecule has 0 saturated heterocycles. The molecule has 4 nitrogen and oxygen atoms in total. The van der Waals surface area contributed by atoms with Crippen LogP contribution in [0, 0.1) is 13.8 Å². The van der Waals surface area contributed by atoms with Crippen LogP contribution in [0.5, 0.6) is 11.5 Å². The molecule has 2 N–H and O–H groups in total. The van der Waals surface area contributed by atoms with E-state index >= 15 is 0 Å². The van der Waals surface area contributed by atoms with Crippen LogP contribution in [0.1, 0.15) is 11.4 Å². The van der Waals surface area contributed by atoms with Gasteiger partial charge in [-0.15, -0.1) is 22.7 Å². The van der Waals surface area contributed by atoms with Crippen LogP contribution in [0.2, 0.25) is 0 Å². The van der Waals surface area contributed by atoms with Crippen molar-refractivity contribution in [3.05, 3.63) is 72.1 Å². The lowest BCUT2D eigenvalue weighted by atomic mass is 10.1. The molecule has 34 heavy (non-hydrogen) atoms. The molecule has 0 amide bonds. The van der Waals surface area contributed by atoms with E-state index in [-0.39, 0.29) is 0 Å². The smallest absolute Gasteiger partial charge is 0.119 e. The Balaban J connectivity index is 1.40. The number of fused-ring (bicyclic) bond motifs is 2. The van der Waals surface area contributed by atoms with Crippen LogP contribution >= 0.6 is 22.7 Å². The van der Waals surface area contributed by atoms with Crippen molar-refractivity contribution >= 4 is 44.5 Å². The van der Waals surface area contributed by atoms with Crippen LogP contribution in [0.25, 0.3) is 52.4 Å². The molecule has 6 aromatic rings. The fraction of sp³-hybridized carbons (Fsp3) is 0.143. The van der Waals surface area contributed by atoms with E-state index in [1.165, 1.54) is 52.8 Å². The van der Waals surface area contributed by atoms with E-state index in [2.05, 4.69) is 72.3 Å². The highest BCUT2D eigenvalue weighted by molar-refractivity contribution is 7.25. The summed E-state index contributed by atoms with van der Waals surface area (Å²) in [5, 5.41) is 2.39. The Hall–Kier alpha value is -3.48. The molecule has 0 aliphatic rings. The van der Waals surface area contributed by atoms with E-state index in [1.54, 1.807) is 14.2 Å². The van der Waals surface area contributed by atoms with Crippen molar-refractivity contribution in [2.24, 2.45) is 0 Å². The SMILES string of the molecule is COc1ccc2[nH]c(C)c(-c3ccc(-c4ccc(-c5c(C)[nH]c6ccc(OC)cc56)s4)s3)c2c1. The summed E-state index contributed by atoms with van der Waals surface area (Å²) in [5.41, 5.74) is 7.11. The molecule has 0 atom stereocenters. The molecule has 0 aliphatic carbocycles. The zero-order valence-electron chi connectivity index (χ0n) is 19.4. The summed E-state index contributed by atoms with van der Waals surface area (Å²) in [6, 6.07) is 21.3. The van der Waals surface area contributed by atoms with Crippen LogP contribution in [-0.4, -0.2) is 24.2 Å². The van der Waals surface area contributed by atoms with Crippen molar-refractivity contribution in [2.75, 3.05) is 14.2 Å². The van der Waals surface area contributed by atoms with Gasteiger partial charge in [0, 0.05) is 63.8 Å². The minimum absolute atomic E-state index is 0.873. The van der Waals surface area contributed by atoms with Gasteiger partial charge < -0.3 is 19.4 Å². The van der Waals surface area contributed by atoms with Gasteiger partial charge in [-0.3, -0.25) is 0 Å². The molecule has 170 valence electrons. The van der Waals surface area contributed by atoms with Gasteiger partial charge in [0.05, 0.1) is 14.2 Å². The summed E-state index contributed by atoms with van der Waals surface area (Å²) in [5.74, 6) is 1.75. The molecule has 0 fully saturated rings. The van der Waals surface area contributed by atoms with Gasteiger partial charge in [0.2, 0.25) is 0 Å². The average molecular weight is 485 g/mol. The van der Waals surface area contributed by atoms with Gasteiger partial charge in [-0.05, 0) is 74.5 Å². The first-order valence-electron chi connectivity index (χ1n) is 11.1. The van der Waals surface area contributed by atoms with Gasteiger partial charge in [0.1, 0.15) is 11.5 Å². The van der Waals surface area contributed by atoms with Crippen LogP contribution in [-0.2, 0) is 0 Å². The number of nitrogens with one attached hydrogen (secondary N) is 2. The quantitative estimate of drug-likeness (QED) is 0.258. The standard InChI is InChI=1S/C28H24N2O2S2/c1-15-27(19-13-17(31-3)5-7-21(19)29-15)25-11-9-23(33-25)24-10-12-26(34-24)28-16(2)30-22-8-6-18(32-4)14-20(22)28/h5-14,29-30H,1-4H3. The zero-order chi connectivity index (χ0) is 23.4. The largest absolute Gasteiger partial charge is 0.497 e. The Labute approximate surface area is 205 Å². The third-order valence-electron chi connectivity index (χ3n) is 6.33. The Morgan fingerprint density at radius 1 is 0.559 bits per heavy atom. The lowest BCUT2D eigenvalue weighted by Gasteiger charge is -2.01. The van der Waals surface area contributed by atoms with Crippen LogP contribution in [0.4, 0.5) is 0 Å². The van der Waals surface area contributed by atoms with E-state index in [9.17, 15) is 0 Å². The molecule has 2 aromatic carbocycles. The third-order valence-corrected chi connectivity index (χ3v) is 8.74. The van der Waals surface area contributed by atoms with Gasteiger partial charge in [-0.1, -0.05) is 0 Å². The first-order valence-corrected chi connectivity index (χ1v) is 12.7. The van der Waals surface area contributed by atoms with Crippen molar-refractivity contribution in [3.8, 4) is 42.1 Å². The molecule has 0 radical (unpaired) electrons. The second kappa shape index (κ2) is 8.08. The monoisotopic (exact) mass is 484 g/mol. The molecule has 0 aliphatic heterocycles. The normalized spacial score (nSPS) is 11.5. The minimum Gasteiger partial charge on any atom is -0.497 e. The summed E-state index contributed by atoms with van der Waals surface area (Å²) in [6.07, 6.45) is 0. The molecule has 0 unspecified atom stereocenters. The summed E-state index contributed by atoms with van der Waals surface area (Å²) in [4.78, 5) is 12.1. The van der Waals surface area contributed by atoms with Gasteiger partial charge in [-0.2, -0.15) is 0 Å². The zero-order valence-corrected chi connectivity index (χ0v) is 21.0. The van der Waals surface area contributed by atoms with Crippen LogP contribution in [0.15, 0.2) is 60.7 Å². The summed E-state index contributed by atoms with van der Waals surface area (Å²) in [7, 11) is 3.42. The lowest BCUT2D eigenvalue weighted by Crippen LogP contribution is -1.81. The third kappa shape index (κ3) is 3.33. The highest BCUT2D eigenvalue weighted by Crippen LogP contribution is 2.45. The summed E-state index contributed by atoms with van der Waals surface area (Å²) >= 11 is 3.66. The Morgan fingerprint density at radius 2 is 0.971 bits per heavy atom. The summed E-state index contributed by atoms with van der Waals surface area (Å²) in [6.45, 7) is 4.27. The molecule has 6 rings (SSSR count). The number of hydrogen-bond acceptors (Lipinski definition) is 4. The van der Waals surface area contributed by atoms with Gasteiger partial charge >= 0.3 is 0 Å². The van der Waals surface area contributed by atoms with Crippen molar-refractivity contribution in [2.45, 2.75) is 13.8 Å². The predicted octanol–water partition coefficient (Wildman–Crippen LogP) is 8.41. The number of aromatic amines is 2. The number of aromatic nitrogens is 2. The molecule has 4 aromatic heterocycles. The number of aryl methyl sites for hydroxylation is 2. The maximum Gasteiger partial charge on any atom is 0.119 e. The number of thiophene rings is 2. The minimum atomic E-state index is 0.873. The Kier molecular flexibility index (Phi) is 5.01. The molecule has 4 heterocycles. The lowest BCUT2D eigenvalue weighted by molar-refractivity contribution is 0.415. The first kappa shape index (κ1) is 21.1. The van der Waals surface area contributed by atoms with Crippen molar-refractivity contribution < 1.29 is 9.47 Å². The van der Waals surface area contributed by atoms with E-state index in [1.807, 2.05) is 34.8 Å². The predicted molar refractivity (Wildman–Crippen MR) is 145 cm³/mol. The fourth-order valence-corrected chi connectivity index (χ4v) is 7.05. The molecular formula is C28H24N2O2S2. The molecule has 0 spiro atoms. The van der Waals surface area contributed by atoms with Gasteiger partial charge in [-0.25, -0.2) is 0 Å². The van der Waals surface area contributed by atoms with E-state index in [0.29, 0.717) is 0 Å². The molecular weight excluding hydrogens is 460 g/mol. The first-order chi connectivity index (χ1) is 16.6. The Bertz CT molecular complexity index is 1540. The van der Waals surface area contributed by atoms with Crippen LogP contribution < -0.4 is 9.47 Å². The maximum absolute atomic E-state index is 5.47. The molecule has 0 saturated carbocycles. The van der Waals surface area contributed by atoms with Gasteiger partial charge in [0.25, 0.3) is 0 Å². The number of methoxy groups -OCH3 is 2. The number of benzene rings is 2. The topological polar surface area (TPSA) is 50.0 Å². The highest BCUT2D eigenvalue weighted by Gasteiger charge is 2.17. The number of H-pyrrole nitrogens is 2. The van der Waals surface area contributed by atoms with Crippen molar-refractivity contribution in [1.29, 1.82) is 0 Å². The number of ether oxygens (including phenoxy) is 2. The van der Waals surface area contributed by atoms with Crippen molar-refractivity contribution in [1.82, 2.24) is 9.97 Å². The average Bonchev–Trinajstić information content (AvgIpc) is 3.61. The van der Waals surface area contributed by atoms with Crippen LogP contribution in [0.3, 0.4) is 0 Å². The second-order valence-electron chi connectivity index (χ2n) is 8.40. The second-order valence-corrected chi connectivity index (χ2v) is 10.6. The maximum atomic E-state index is 5.47. The highest BCUT2D eigenvalue weighted by atomic mass is 32.1. The van der Waals surface area contributed by atoms with Gasteiger partial charge in [0.15, 0.2) is 0 Å². The number of rotatable bonds is 5. The van der Waals surface area contributed by atoms with E-state index in [4.69, 9.17) is 9.47 Å². The fourth-order valence-electron chi connectivity index (χ4n) is 4.71. The van der Waals surface area contributed by atoms with E-state index < -0.39 is 0 Å². The number of hydrogen-bond donors (Lipinski definition) is 2. The Morgan fingerprint density at radius 3 is 1.38 bits per heavy atom. The molecule has 0 bridgehead atoms. The van der Waals surface area contributed by atoms with Crippen molar-refractivity contribution in [3.63, 3.8) is 0 Å². The van der Waals surface area contributed by atoms with E-state index in [0.717, 1.165) is 22.5 Å².